The summed E-state index contributed by atoms with van der Waals surface area (Å²) < 4.78 is 0. The van der Waals surface area contributed by atoms with Crippen molar-refractivity contribution in [3.63, 3.8) is 0 Å². The first-order valence-electron chi connectivity index (χ1n) is 11.7. The lowest BCUT2D eigenvalue weighted by atomic mass is 9.82. The highest BCUT2D eigenvalue weighted by Gasteiger charge is 2.34. The van der Waals surface area contributed by atoms with Crippen molar-refractivity contribution in [3.8, 4) is 6.07 Å². The minimum absolute atomic E-state index is 0.0862. The van der Waals surface area contributed by atoms with Gasteiger partial charge < -0.3 is 15.5 Å². The smallest absolute Gasteiger partial charge is 0.265 e. The van der Waals surface area contributed by atoms with Crippen LogP contribution in [0.2, 0.25) is 0 Å². The number of benzene rings is 1. The molecule has 0 unspecified atom stereocenters. The van der Waals surface area contributed by atoms with E-state index < -0.39 is 0 Å². The SMILES string of the molecule is CNCC#N.Cc1ccc(C(=O)Nc2cccc3c2C(=O)CN(CC2CCC(C)CC2)C3=O)s1. The van der Waals surface area contributed by atoms with Gasteiger partial charge in [-0.05, 0) is 62.9 Å². The Morgan fingerprint density at radius 2 is 1.91 bits per heavy atom. The Kier molecular flexibility index (Phi) is 8.97. The predicted molar refractivity (Wildman–Crippen MR) is 134 cm³/mol. The van der Waals surface area contributed by atoms with Crippen molar-refractivity contribution in [2.75, 3.05) is 32.0 Å². The van der Waals surface area contributed by atoms with E-state index in [-0.39, 0.29) is 24.1 Å². The lowest BCUT2D eigenvalue weighted by molar-refractivity contribution is 0.0637. The number of fused-ring (bicyclic) bond motifs is 1. The molecule has 8 heteroatoms. The van der Waals surface area contributed by atoms with Crippen LogP contribution in [-0.2, 0) is 0 Å². The maximum Gasteiger partial charge on any atom is 0.265 e. The second kappa shape index (κ2) is 11.9. The number of ketones is 1. The molecule has 34 heavy (non-hydrogen) atoms. The van der Waals surface area contributed by atoms with Crippen molar-refractivity contribution in [2.24, 2.45) is 11.8 Å². The molecule has 0 saturated heterocycles. The van der Waals surface area contributed by atoms with Crippen molar-refractivity contribution >= 4 is 34.6 Å². The molecule has 7 nitrogen and oxygen atoms in total. The largest absolute Gasteiger partial charge is 0.331 e. The number of amides is 2. The Balaban J connectivity index is 0.000000588. The number of thiophene rings is 1. The normalized spacial score (nSPS) is 19.5. The molecule has 2 aliphatic rings. The predicted octanol–water partition coefficient (Wildman–Crippen LogP) is 4.50. The molecule has 2 N–H and O–H groups in total. The highest BCUT2D eigenvalue weighted by atomic mass is 32.1. The summed E-state index contributed by atoms with van der Waals surface area (Å²) in [5, 5.41) is 13.2. The van der Waals surface area contributed by atoms with Gasteiger partial charge in [0.15, 0.2) is 5.78 Å². The molecule has 1 aliphatic carbocycles. The number of aryl methyl sites for hydroxylation is 1. The Bertz CT molecular complexity index is 1080. The summed E-state index contributed by atoms with van der Waals surface area (Å²) >= 11 is 1.40. The zero-order valence-electron chi connectivity index (χ0n) is 20.0. The van der Waals surface area contributed by atoms with Gasteiger partial charge in [0.2, 0.25) is 0 Å². The molecular weight excluding hydrogens is 448 g/mol. The van der Waals surface area contributed by atoms with Gasteiger partial charge in [0.1, 0.15) is 0 Å². The van der Waals surface area contributed by atoms with Crippen LogP contribution in [0.25, 0.3) is 0 Å². The molecule has 2 aromatic rings. The highest BCUT2D eigenvalue weighted by molar-refractivity contribution is 7.14. The van der Waals surface area contributed by atoms with Gasteiger partial charge in [-0.3, -0.25) is 14.4 Å². The molecule has 0 spiro atoms. The number of rotatable bonds is 5. The topological polar surface area (TPSA) is 102 Å². The van der Waals surface area contributed by atoms with Gasteiger partial charge in [-0.15, -0.1) is 11.3 Å². The first-order valence-corrected chi connectivity index (χ1v) is 12.5. The average molecular weight is 481 g/mol. The molecule has 180 valence electrons. The fourth-order valence-corrected chi connectivity index (χ4v) is 5.18. The number of nitrogens with zero attached hydrogens (tertiary/aromatic N) is 2. The summed E-state index contributed by atoms with van der Waals surface area (Å²) in [6.45, 7) is 5.38. The van der Waals surface area contributed by atoms with Gasteiger partial charge in [0.25, 0.3) is 11.8 Å². The first-order chi connectivity index (χ1) is 16.3. The molecule has 1 aromatic carbocycles. The van der Waals surface area contributed by atoms with Crippen molar-refractivity contribution in [3.05, 3.63) is 51.2 Å². The van der Waals surface area contributed by atoms with Crippen molar-refractivity contribution in [2.45, 2.75) is 39.5 Å². The van der Waals surface area contributed by atoms with Crippen LogP contribution in [0.1, 0.15) is 67.9 Å². The number of nitriles is 1. The van der Waals surface area contributed by atoms with E-state index in [4.69, 9.17) is 5.26 Å². The van der Waals surface area contributed by atoms with E-state index in [0.717, 1.165) is 23.6 Å². The van der Waals surface area contributed by atoms with E-state index in [1.807, 2.05) is 19.1 Å². The fraction of sp³-hybridized carbons (Fsp3) is 0.462. The number of carbonyl (C=O) groups excluding carboxylic acids is 3. The summed E-state index contributed by atoms with van der Waals surface area (Å²) in [5.74, 6) is 0.747. The molecule has 1 aromatic heterocycles. The molecule has 4 rings (SSSR count). The van der Waals surface area contributed by atoms with Crippen LogP contribution in [0.5, 0.6) is 0 Å². The van der Waals surface area contributed by atoms with Gasteiger partial charge in [-0.2, -0.15) is 5.26 Å². The van der Waals surface area contributed by atoms with Gasteiger partial charge in [0.05, 0.1) is 40.9 Å². The Hall–Kier alpha value is -3.02. The summed E-state index contributed by atoms with van der Waals surface area (Å²) in [4.78, 5) is 41.9. The third-order valence-corrected chi connectivity index (χ3v) is 7.28. The lowest BCUT2D eigenvalue weighted by Gasteiger charge is -2.34. The third kappa shape index (κ3) is 6.31. The average Bonchev–Trinajstić information content (AvgIpc) is 3.26. The molecule has 2 heterocycles. The molecule has 2 amide bonds. The molecule has 0 atom stereocenters. The summed E-state index contributed by atoms with van der Waals surface area (Å²) in [5.41, 5.74) is 1.15. The van der Waals surface area contributed by atoms with Gasteiger partial charge >= 0.3 is 0 Å². The van der Waals surface area contributed by atoms with E-state index in [0.29, 0.717) is 40.7 Å². The standard InChI is InChI=1S/C23H26N2O3S.C3H6N2/c1-14-6-9-16(10-7-14)12-25-13-19(26)21-17(23(25)28)4-3-5-18(21)24-22(27)20-11-8-15(2)29-20;1-5-3-2-4/h3-5,8,11,14,16H,6-7,9-10,12-13H2,1-2H3,(H,24,27);5H,3H2,1H3. The Morgan fingerprint density at radius 1 is 1.18 bits per heavy atom. The summed E-state index contributed by atoms with van der Waals surface area (Å²) in [6.07, 6.45) is 4.61. The second-order valence-corrected chi connectivity index (χ2v) is 10.3. The Labute approximate surface area is 205 Å². The number of anilines is 1. The van der Waals surface area contributed by atoms with Crippen LogP contribution in [0, 0.1) is 30.1 Å². The van der Waals surface area contributed by atoms with E-state index in [9.17, 15) is 14.4 Å². The minimum atomic E-state index is -0.254. The van der Waals surface area contributed by atoms with E-state index >= 15 is 0 Å². The minimum Gasteiger partial charge on any atom is -0.331 e. The monoisotopic (exact) mass is 480 g/mol. The van der Waals surface area contributed by atoms with Crippen LogP contribution >= 0.6 is 11.3 Å². The van der Waals surface area contributed by atoms with Crippen molar-refractivity contribution in [1.82, 2.24) is 10.2 Å². The number of hydrogen-bond donors (Lipinski definition) is 2. The van der Waals surface area contributed by atoms with Crippen LogP contribution in [0.15, 0.2) is 30.3 Å². The summed E-state index contributed by atoms with van der Waals surface area (Å²) in [7, 11) is 1.74. The second-order valence-electron chi connectivity index (χ2n) is 9.02. The molecule has 1 fully saturated rings. The molecular formula is C26H32N4O3S. The zero-order chi connectivity index (χ0) is 24.7. The maximum absolute atomic E-state index is 13.1. The molecule has 1 saturated carbocycles. The van der Waals surface area contributed by atoms with Crippen LogP contribution < -0.4 is 10.6 Å². The van der Waals surface area contributed by atoms with Gasteiger partial charge in [-0.25, -0.2) is 0 Å². The van der Waals surface area contributed by atoms with Crippen LogP contribution in [0.4, 0.5) is 5.69 Å². The van der Waals surface area contributed by atoms with Gasteiger partial charge in [0, 0.05) is 11.4 Å². The van der Waals surface area contributed by atoms with Crippen molar-refractivity contribution < 1.29 is 14.4 Å². The summed E-state index contributed by atoms with van der Waals surface area (Å²) in [6, 6.07) is 10.7. The van der Waals surface area contributed by atoms with Crippen LogP contribution in [0.3, 0.4) is 0 Å². The fourth-order valence-electron chi connectivity index (χ4n) is 4.42. The number of carbonyl (C=O) groups is 3. The molecule has 1 aliphatic heterocycles. The number of hydrogen-bond acceptors (Lipinski definition) is 6. The van der Waals surface area contributed by atoms with E-state index in [1.54, 1.807) is 36.2 Å². The van der Waals surface area contributed by atoms with E-state index in [2.05, 4.69) is 17.6 Å². The quantitative estimate of drug-likeness (QED) is 0.614. The lowest BCUT2D eigenvalue weighted by Crippen LogP contribution is -2.44. The highest BCUT2D eigenvalue weighted by Crippen LogP contribution is 2.32. The first kappa shape index (κ1) is 25.6. The maximum atomic E-state index is 13.1. The number of nitrogens with one attached hydrogen (secondary N) is 2. The zero-order valence-corrected chi connectivity index (χ0v) is 20.8. The van der Waals surface area contributed by atoms with Gasteiger partial charge in [-0.1, -0.05) is 25.8 Å². The third-order valence-electron chi connectivity index (χ3n) is 6.28. The van der Waals surface area contributed by atoms with E-state index in [1.165, 1.54) is 24.2 Å². The van der Waals surface area contributed by atoms with Crippen molar-refractivity contribution in [1.29, 1.82) is 5.26 Å². The molecule has 0 bridgehead atoms. The Morgan fingerprint density at radius 3 is 2.50 bits per heavy atom. The number of Topliss-reactive ketones (excluding diaryl/α,β-unsaturated/α-hetero) is 1. The molecule has 0 radical (unpaired) electrons. The van der Waals surface area contributed by atoms with Crippen LogP contribution in [-0.4, -0.2) is 49.2 Å².